The van der Waals surface area contributed by atoms with E-state index in [1.54, 1.807) is 0 Å². The Morgan fingerprint density at radius 3 is 2.06 bits per heavy atom. The van der Waals surface area contributed by atoms with E-state index in [-0.39, 0.29) is 0 Å². The molecule has 2 saturated heterocycles. The van der Waals surface area contributed by atoms with Gasteiger partial charge in [0.25, 0.3) is 0 Å². The molecule has 0 aliphatic carbocycles. The van der Waals surface area contributed by atoms with Gasteiger partial charge < -0.3 is 4.74 Å². The minimum absolute atomic E-state index is 0.340. The van der Waals surface area contributed by atoms with Crippen LogP contribution in [0.25, 0.3) is 0 Å². The van der Waals surface area contributed by atoms with Crippen LogP contribution in [0.5, 0.6) is 0 Å². The Hall–Kier alpha value is -0.120. The summed E-state index contributed by atoms with van der Waals surface area (Å²) in [5.74, 6) is 0.877. The second kappa shape index (κ2) is 5.89. The lowest BCUT2D eigenvalue weighted by Crippen LogP contribution is -2.51. The summed E-state index contributed by atoms with van der Waals surface area (Å²) in [6.45, 7) is 16.0. The SMILES string of the molecule is CC(C1CCN(C(C)(C)C)CC1)N1CCOCC1. The lowest BCUT2D eigenvalue weighted by molar-refractivity contribution is -0.00781. The van der Waals surface area contributed by atoms with Gasteiger partial charge in [-0.1, -0.05) is 0 Å². The molecule has 0 aromatic carbocycles. The minimum Gasteiger partial charge on any atom is -0.379 e. The first-order chi connectivity index (χ1) is 8.48. The molecule has 1 unspecified atom stereocenters. The largest absolute Gasteiger partial charge is 0.379 e. The van der Waals surface area contributed by atoms with Crippen molar-refractivity contribution < 1.29 is 4.74 Å². The van der Waals surface area contributed by atoms with Gasteiger partial charge in [-0.15, -0.1) is 0 Å². The fourth-order valence-electron chi connectivity index (χ4n) is 3.34. The summed E-state index contributed by atoms with van der Waals surface area (Å²) in [5, 5.41) is 0. The number of rotatable bonds is 2. The number of hydrogen-bond acceptors (Lipinski definition) is 3. The highest BCUT2D eigenvalue weighted by atomic mass is 16.5. The van der Waals surface area contributed by atoms with Gasteiger partial charge in [-0.3, -0.25) is 9.80 Å². The zero-order valence-electron chi connectivity index (χ0n) is 12.6. The molecule has 0 aromatic rings. The van der Waals surface area contributed by atoms with E-state index in [9.17, 15) is 0 Å². The van der Waals surface area contributed by atoms with Crippen LogP contribution in [-0.2, 0) is 4.74 Å². The van der Waals surface area contributed by atoms with Crippen molar-refractivity contribution in [1.82, 2.24) is 9.80 Å². The van der Waals surface area contributed by atoms with Crippen LogP contribution in [0.3, 0.4) is 0 Å². The molecule has 0 spiro atoms. The first-order valence-electron chi connectivity index (χ1n) is 7.55. The third-order valence-corrected chi connectivity index (χ3v) is 4.79. The quantitative estimate of drug-likeness (QED) is 0.751. The van der Waals surface area contributed by atoms with Gasteiger partial charge >= 0.3 is 0 Å². The van der Waals surface area contributed by atoms with Crippen LogP contribution in [0, 0.1) is 5.92 Å². The van der Waals surface area contributed by atoms with Gasteiger partial charge in [-0.05, 0) is 59.5 Å². The second-order valence-electron chi connectivity index (χ2n) is 6.88. The maximum Gasteiger partial charge on any atom is 0.0594 e. The number of piperidine rings is 1. The van der Waals surface area contributed by atoms with Crippen molar-refractivity contribution in [1.29, 1.82) is 0 Å². The lowest BCUT2D eigenvalue weighted by Gasteiger charge is -2.44. The van der Waals surface area contributed by atoms with Crippen molar-refractivity contribution >= 4 is 0 Å². The van der Waals surface area contributed by atoms with Gasteiger partial charge in [-0.2, -0.15) is 0 Å². The topological polar surface area (TPSA) is 15.7 Å². The molecule has 0 N–H and O–H groups in total. The summed E-state index contributed by atoms with van der Waals surface area (Å²) in [6, 6.07) is 0.732. The fraction of sp³-hybridized carbons (Fsp3) is 1.00. The van der Waals surface area contributed by atoms with Crippen molar-refractivity contribution in [3.8, 4) is 0 Å². The Kier molecular flexibility index (Phi) is 4.68. The maximum atomic E-state index is 5.45. The van der Waals surface area contributed by atoms with Gasteiger partial charge in [0.1, 0.15) is 0 Å². The highest BCUT2D eigenvalue weighted by Gasteiger charge is 2.31. The third-order valence-electron chi connectivity index (χ3n) is 4.79. The summed E-state index contributed by atoms with van der Waals surface area (Å²) in [6.07, 6.45) is 2.71. The monoisotopic (exact) mass is 254 g/mol. The van der Waals surface area contributed by atoms with Crippen molar-refractivity contribution in [3.63, 3.8) is 0 Å². The molecule has 0 bridgehead atoms. The van der Waals surface area contributed by atoms with Gasteiger partial charge in [0, 0.05) is 24.7 Å². The molecule has 3 nitrogen and oxygen atoms in total. The van der Waals surface area contributed by atoms with Crippen LogP contribution in [0.15, 0.2) is 0 Å². The zero-order chi connectivity index (χ0) is 13.2. The molecule has 106 valence electrons. The molecule has 2 heterocycles. The normalized spacial score (nSPS) is 27.3. The molecule has 0 saturated carbocycles. The number of likely N-dealkylation sites (tertiary alicyclic amines) is 1. The average Bonchev–Trinajstić information content (AvgIpc) is 2.38. The number of morpholine rings is 1. The Balaban J connectivity index is 1.81. The first kappa shape index (κ1) is 14.3. The number of hydrogen-bond donors (Lipinski definition) is 0. The summed E-state index contributed by atoms with van der Waals surface area (Å²) in [4.78, 5) is 5.26. The minimum atomic E-state index is 0.340. The Bertz CT molecular complexity index is 248. The molecule has 2 aliphatic heterocycles. The summed E-state index contributed by atoms with van der Waals surface area (Å²) < 4.78 is 5.45. The van der Waals surface area contributed by atoms with E-state index in [4.69, 9.17) is 4.74 Å². The molecule has 2 rings (SSSR count). The van der Waals surface area contributed by atoms with E-state index in [2.05, 4.69) is 37.5 Å². The zero-order valence-corrected chi connectivity index (χ0v) is 12.6. The smallest absolute Gasteiger partial charge is 0.0594 e. The molecular weight excluding hydrogens is 224 g/mol. The highest BCUT2D eigenvalue weighted by molar-refractivity contribution is 4.86. The molecule has 1 atom stereocenters. The summed E-state index contributed by atoms with van der Waals surface area (Å²) >= 11 is 0. The molecule has 2 aliphatic rings. The van der Waals surface area contributed by atoms with E-state index < -0.39 is 0 Å². The Labute approximate surface area is 112 Å². The molecule has 0 amide bonds. The predicted molar refractivity (Wildman–Crippen MR) is 75.9 cm³/mol. The molecule has 0 radical (unpaired) electrons. The maximum absolute atomic E-state index is 5.45. The van der Waals surface area contributed by atoms with Crippen LogP contribution in [0.4, 0.5) is 0 Å². The molecule has 3 heteroatoms. The van der Waals surface area contributed by atoms with E-state index in [1.165, 1.54) is 25.9 Å². The van der Waals surface area contributed by atoms with Gasteiger partial charge in [0.05, 0.1) is 13.2 Å². The fourth-order valence-corrected chi connectivity index (χ4v) is 3.34. The molecule has 18 heavy (non-hydrogen) atoms. The predicted octanol–water partition coefficient (Wildman–Crippen LogP) is 2.22. The average molecular weight is 254 g/mol. The van der Waals surface area contributed by atoms with Crippen molar-refractivity contribution in [3.05, 3.63) is 0 Å². The third kappa shape index (κ3) is 3.46. The van der Waals surface area contributed by atoms with Crippen molar-refractivity contribution in [2.45, 2.75) is 52.1 Å². The molecule has 2 fully saturated rings. The molecular formula is C15H30N2O. The van der Waals surface area contributed by atoms with Crippen LogP contribution < -0.4 is 0 Å². The van der Waals surface area contributed by atoms with Crippen LogP contribution in [0.2, 0.25) is 0 Å². The van der Waals surface area contributed by atoms with E-state index in [0.717, 1.165) is 38.3 Å². The van der Waals surface area contributed by atoms with E-state index >= 15 is 0 Å². The number of ether oxygens (including phenoxy) is 1. The second-order valence-corrected chi connectivity index (χ2v) is 6.88. The summed E-state index contributed by atoms with van der Waals surface area (Å²) in [5.41, 5.74) is 0.340. The highest BCUT2D eigenvalue weighted by Crippen LogP contribution is 2.28. The van der Waals surface area contributed by atoms with Crippen LogP contribution >= 0.6 is 0 Å². The van der Waals surface area contributed by atoms with E-state index in [1.807, 2.05) is 0 Å². The van der Waals surface area contributed by atoms with Crippen LogP contribution in [-0.4, -0.2) is 60.8 Å². The van der Waals surface area contributed by atoms with Crippen molar-refractivity contribution in [2.75, 3.05) is 39.4 Å². The van der Waals surface area contributed by atoms with Gasteiger partial charge in [0.15, 0.2) is 0 Å². The summed E-state index contributed by atoms with van der Waals surface area (Å²) in [7, 11) is 0. The Morgan fingerprint density at radius 1 is 1.00 bits per heavy atom. The van der Waals surface area contributed by atoms with Crippen LogP contribution in [0.1, 0.15) is 40.5 Å². The molecule has 0 aromatic heterocycles. The van der Waals surface area contributed by atoms with Gasteiger partial charge in [0.2, 0.25) is 0 Å². The first-order valence-corrected chi connectivity index (χ1v) is 7.55. The lowest BCUT2D eigenvalue weighted by atomic mass is 9.87. The van der Waals surface area contributed by atoms with Crippen molar-refractivity contribution in [2.24, 2.45) is 5.92 Å². The number of nitrogens with zero attached hydrogens (tertiary/aromatic N) is 2. The van der Waals surface area contributed by atoms with E-state index in [0.29, 0.717) is 5.54 Å². The Morgan fingerprint density at radius 2 is 1.56 bits per heavy atom. The standard InChI is InChI=1S/C15H30N2O/c1-13(16-9-11-18-12-10-16)14-5-7-17(8-6-14)15(2,3)4/h13-14H,5-12H2,1-4H3. The van der Waals surface area contributed by atoms with Gasteiger partial charge in [-0.25, -0.2) is 0 Å².